The van der Waals surface area contributed by atoms with Gasteiger partial charge in [-0.3, -0.25) is 9.59 Å². The highest BCUT2D eigenvalue weighted by Crippen LogP contribution is 2.77. The fourth-order valence-corrected chi connectivity index (χ4v) is 11.8. The number of carboxylic acid groups (broad SMARTS) is 1. The van der Waals surface area contributed by atoms with Crippen LogP contribution in [0.15, 0.2) is 12.2 Å². The van der Waals surface area contributed by atoms with E-state index in [1.54, 1.807) is 0 Å². The molecule has 5 aliphatic rings. The number of aliphatic carboxylic acids is 1. The van der Waals surface area contributed by atoms with Crippen LogP contribution in [0.1, 0.15) is 113 Å². The number of hydrogen-bond donors (Lipinski definition) is 1. The zero-order valence-corrected chi connectivity index (χ0v) is 23.9. The van der Waals surface area contributed by atoms with E-state index in [1.807, 2.05) is 6.92 Å². The lowest BCUT2D eigenvalue weighted by atomic mass is 9.32. The van der Waals surface area contributed by atoms with Gasteiger partial charge in [-0.1, -0.05) is 39.8 Å². The van der Waals surface area contributed by atoms with Crippen molar-refractivity contribution in [3.8, 4) is 0 Å². The zero-order valence-electron chi connectivity index (χ0n) is 23.9. The molecule has 36 heavy (non-hydrogen) atoms. The highest BCUT2D eigenvalue weighted by molar-refractivity contribution is 5.77. The molecule has 4 nitrogen and oxygen atoms in total. The number of ether oxygens (including phenoxy) is 1. The molecule has 0 saturated heterocycles. The Kier molecular flexibility index (Phi) is 5.91. The Labute approximate surface area is 219 Å². The highest BCUT2D eigenvalue weighted by atomic mass is 16.5. The summed E-state index contributed by atoms with van der Waals surface area (Å²) < 4.78 is 5.69. The van der Waals surface area contributed by atoms with Crippen LogP contribution >= 0.6 is 0 Å². The number of esters is 1. The Hall–Kier alpha value is -1.32. The van der Waals surface area contributed by atoms with Crippen LogP contribution in [0.3, 0.4) is 0 Å². The van der Waals surface area contributed by atoms with E-state index in [2.05, 4.69) is 41.2 Å². The lowest BCUT2D eigenvalue weighted by Gasteiger charge is -2.72. The number of carbonyl (C=O) groups excluding carboxylic acids is 1. The zero-order chi connectivity index (χ0) is 26.5. The molecule has 0 radical (unpaired) electrons. The summed E-state index contributed by atoms with van der Waals surface area (Å²) in [6.07, 6.45) is 10.8. The minimum Gasteiger partial charge on any atom is -0.481 e. The topological polar surface area (TPSA) is 63.6 Å². The molecule has 5 rings (SSSR count). The second kappa shape index (κ2) is 8.09. The van der Waals surface area contributed by atoms with Gasteiger partial charge in [0.2, 0.25) is 0 Å². The molecule has 0 spiro atoms. The SMILES string of the molecule is C=C(C)[C@@H]1CC[C@]2(C)CC[C@]3(C)[C@H](CCC4[C@@]5(C)CC[C@@H](OC(C)=O)[C@](C)(C(=O)O)C5CC[C@]43C)C12. The van der Waals surface area contributed by atoms with Crippen molar-refractivity contribution in [3.05, 3.63) is 12.2 Å². The molecule has 5 saturated carbocycles. The summed E-state index contributed by atoms with van der Waals surface area (Å²) in [5.74, 6) is 1.50. The highest BCUT2D eigenvalue weighted by Gasteiger charge is 2.72. The molecular weight excluding hydrogens is 448 g/mol. The van der Waals surface area contributed by atoms with Crippen molar-refractivity contribution in [1.29, 1.82) is 0 Å². The number of fused-ring (bicyclic) bond motifs is 7. The van der Waals surface area contributed by atoms with Gasteiger partial charge in [-0.05, 0) is 129 Å². The van der Waals surface area contributed by atoms with E-state index in [9.17, 15) is 14.7 Å². The molecule has 0 aromatic rings. The van der Waals surface area contributed by atoms with E-state index in [0.29, 0.717) is 23.7 Å². The molecule has 0 amide bonds. The third kappa shape index (κ3) is 3.17. The number of hydrogen-bond acceptors (Lipinski definition) is 3. The maximum atomic E-state index is 12.9. The Morgan fingerprint density at radius 1 is 0.806 bits per heavy atom. The van der Waals surface area contributed by atoms with Crippen molar-refractivity contribution >= 4 is 11.9 Å². The molecule has 202 valence electrons. The monoisotopic (exact) mass is 498 g/mol. The first-order chi connectivity index (χ1) is 16.6. The van der Waals surface area contributed by atoms with Crippen LogP contribution in [0.4, 0.5) is 0 Å². The summed E-state index contributed by atoms with van der Waals surface area (Å²) in [6.45, 7) is 20.2. The second-order valence-corrected chi connectivity index (χ2v) is 15.1. The molecule has 5 aliphatic carbocycles. The first-order valence-electron chi connectivity index (χ1n) is 14.7. The van der Waals surface area contributed by atoms with Crippen molar-refractivity contribution in [3.63, 3.8) is 0 Å². The summed E-state index contributed by atoms with van der Waals surface area (Å²) in [7, 11) is 0. The maximum absolute atomic E-state index is 12.9. The molecule has 11 atom stereocenters. The fraction of sp³-hybridized carbons (Fsp3) is 0.875. The predicted molar refractivity (Wildman–Crippen MR) is 142 cm³/mol. The van der Waals surface area contributed by atoms with Gasteiger partial charge in [-0.2, -0.15) is 0 Å². The number of rotatable bonds is 3. The van der Waals surface area contributed by atoms with E-state index in [-0.39, 0.29) is 28.1 Å². The van der Waals surface area contributed by atoms with Gasteiger partial charge in [-0.15, -0.1) is 0 Å². The van der Waals surface area contributed by atoms with Gasteiger partial charge >= 0.3 is 11.9 Å². The summed E-state index contributed by atoms with van der Waals surface area (Å²) in [5, 5.41) is 10.5. The van der Waals surface area contributed by atoms with E-state index in [4.69, 9.17) is 4.74 Å². The molecule has 0 bridgehead atoms. The van der Waals surface area contributed by atoms with Crippen molar-refractivity contribution < 1.29 is 19.4 Å². The molecule has 0 aromatic carbocycles. The Morgan fingerprint density at radius 2 is 1.50 bits per heavy atom. The molecular formula is C32H50O4. The van der Waals surface area contributed by atoms with Crippen LogP contribution in [0.5, 0.6) is 0 Å². The van der Waals surface area contributed by atoms with Gasteiger partial charge in [-0.25, -0.2) is 0 Å². The predicted octanol–water partition coefficient (Wildman–Crippen LogP) is 7.66. The third-order valence-electron chi connectivity index (χ3n) is 13.9. The smallest absolute Gasteiger partial charge is 0.313 e. The van der Waals surface area contributed by atoms with Gasteiger partial charge in [0.1, 0.15) is 11.5 Å². The van der Waals surface area contributed by atoms with Crippen molar-refractivity contribution in [2.75, 3.05) is 0 Å². The summed E-state index contributed by atoms with van der Waals surface area (Å²) in [5.41, 5.74) is 1.24. The Morgan fingerprint density at radius 3 is 2.11 bits per heavy atom. The molecule has 5 fully saturated rings. The largest absolute Gasteiger partial charge is 0.481 e. The van der Waals surface area contributed by atoms with Crippen LogP contribution in [0, 0.1) is 56.7 Å². The standard InChI is InChI=1S/C32H50O4/c1-19(2)21-11-14-28(4)17-18-30(6)22(26(21)28)9-10-23-29(5)15-13-25(36-20(3)33)32(8,27(34)35)24(29)12-16-31(23,30)7/h21-26H,1,9-18H2,2-8H3,(H,34,35)/t21-,22+,23?,24?,25+,26?,28+,29+,30+,31+,32+/m0/s1. The van der Waals surface area contributed by atoms with Crippen LogP contribution in [-0.2, 0) is 14.3 Å². The van der Waals surface area contributed by atoms with Gasteiger partial charge in [0.25, 0.3) is 0 Å². The molecule has 1 N–H and O–H groups in total. The summed E-state index contributed by atoms with van der Waals surface area (Å²) >= 11 is 0. The Balaban J connectivity index is 1.53. The van der Waals surface area contributed by atoms with Gasteiger partial charge in [0, 0.05) is 6.92 Å². The number of allylic oxidation sites excluding steroid dienone is 1. The molecule has 0 aromatic heterocycles. The normalized spacial score (nSPS) is 53.9. The van der Waals surface area contributed by atoms with E-state index < -0.39 is 17.5 Å². The van der Waals surface area contributed by atoms with Gasteiger partial charge in [0.05, 0.1) is 0 Å². The molecule has 0 aliphatic heterocycles. The van der Waals surface area contributed by atoms with Crippen LogP contribution < -0.4 is 0 Å². The van der Waals surface area contributed by atoms with E-state index in [0.717, 1.165) is 31.1 Å². The summed E-state index contributed by atoms with van der Waals surface area (Å²) in [6, 6.07) is 0. The Bertz CT molecular complexity index is 971. The first kappa shape index (κ1) is 26.3. The fourth-order valence-electron chi connectivity index (χ4n) is 11.8. The minimum absolute atomic E-state index is 0.0299. The number of carboxylic acids is 1. The van der Waals surface area contributed by atoms with Gasteiger partial charge in [0.15, 0.2) is 0 Å². The van der Waals surface area contributed by atoms with Gasteiger partial charge < -0.3 is 9.84 Å². The molecule has 4 heteroatoms. The second-order valence-electron chi connectivity index (χ2n) is 15.1. The van der Waals surface area contributed by atoms with Crippen molar-refractivity contribution in [2.24, 2.45) is 56.7 Å². The van der Waals surface area contributed by atoms with Crippen LogP contribution in [0.2, 0.25) is 0 Å². The van der Waals surface area contributed by atoms with Crippen molar-refractivity contribution in [2.45, 2.75) is 119 Å². The van der Waals surface area contributed by atoms with Crippen molar-refractivity contribution in [1.82, 2.24) is 0 Å². The first-order valence-corrected chi connectivity index (χ1v) is 14.7. The quantitative estimate of drug-likeness (QED) is 0.320. The van der Waals surface area contributed by atoms with E-state index >= 15 is 0 Å². The van der Waals surface area contributed by atoms with Crippen LogP contribution in [0.25, 0.3) is 0 Å². The lowest BCUT2D eigenvalue weighted by molar-refractivity contribution is -0.252. The minimum atomic E-state index is -1.03. The maximum Gasteiger partial charge on any atom is 0.313 e. The average molecular weight is 499 g/mol. The molecule has 0 heterocycles. The van der Waals surface area contributed by atoms with E-state index in [1.165, 1.54) is 51.0 Å². The average Bonchev–Trinajstić information content (AvgIpc) is 3.14. The summed E-state index contributed by atoms with van der Waals surface area (Å²) in [4.78, 5) is 24.8. The molecule has 3 unspecified atom stereocenters. The lowest BCUT2D eigenvalue weighted by Crippen LogP contribution is -2.68. The van der Waals surface area contributed by atoms with Crippen LogP contribution in [-0.4, -0.2) is 23.1 Å². The third-order valence-corrected chi connectivity index (χ3v) is 13.9. The number of carbonyl (C=O) groups is 2.